The second-order valence-electron chi connectivity index (χ2n) is 18.6. The van der Waals surface area contributed by atoms with Crippen LogP contribution in [0.15, 0.2) is 0 Å². The van der Waals surface area contributed by atoms with Crippen LogP contribution in [0.2, 0.25) is 0 Å². The molecule has 3 rings (SSSR count). The molecular weight excluding hydrogens is 764 g/mol. The van der Waals surface area contributed by atoms with E-state index >= 15 is 0 Å². The third-order valence-electron chi connectivity index (χ3n) is 8.64. The molecule has 0 spiro atoms. The Kier molecular flexibility index (Phi) is 14.9. The fourth-order valence-corrected chi connectivity index (χ4v) is 6.31. The van der Waals surface area contributed by atoms with Gasteiger partial charge in [0.1, 0.15) is 37.1 Å². The Morgan fingerprint density at radius 1 is 0.679 bits per heavy atom. The van der Waals surface area contributed by atoms with Crippen LogP contribution in [-0.4, -0.2) is 127 Å². The fourth-order valence-electron chi connectivity index (χ4n) is 5.48. The molecular formula is C37H62O18S. The van der Waals surface area contributed by atoms with Crippen LogP contribution in [0, 0.1) is 21.7 Å². The van der Waals surface area contributed by atoms with Gasteiger partial charge in [-0.25, -0.2) is 8.37 Å². The predicted molar refractivity (Wildman–Crippen MR) is 193 cm³/mol. The van der Waals surface area contributed by atoms with Crippen LogP contribution in [0.1, 0.15) is 96.9 Å². The number of carbonyl (C=O) groups is 4. The Morgan fingerprint density at radius 3 is 1.55 bits per heavy atom. The summed E-state index contributed by atoms with van der Waals surface area (Å²) in [5.41, 5.74) is -4.33. The van der Waals surface area contributed by atoms with Crippen molar-refractivity contribution in [3.8, 4) is 0 Å². The van der Waals surface area contributed by atoms with Crippen molar-refractivity contribution in [3.05, 3.63) is 0 Å². The Labute approximate surface area is 330 Å². The maximum atomic E-state index is 13.7. The van der Waals surface area contributed by atoms with Crippen molar-refractivity contribution >= 4 is 34.3 Å². The van der Waals surface area contributed by atoms with Gasteiger partial charge in [-0.2, -0.15) is 8.42 Å². The lowest BCUT2D eigenvalue weighted by atomic mass is 9.92. The predicted octanol–water partition coefficient (Wildman–Crippen LogP) is 3.36. The molecule has 324 valence electrons. The summed E-state index contributed by atoms with van der Waals surface area (Å²) >= 11 is 0. The SMILES string of the molecule is COC(OC)[C@@H]1OC(C)(C)O[C@H]1[C@H](O[C@H]1O[C@H](COC(=O)C(C)(C)C)[C@@H](OC(=O)C(C)(C)C)[C@H](OC(=O)C(C)(C)C)[C@H]1OC(=O)C(C)(C)C)[C@@H]1COS(=O)(=O)O1. The second-order valence-corrected chi connectivity index (χ2v) is 19.8. The number of hydrogen-bond donors (Lipinski definition) is 0. The van der Waals surface area contributed by atoms with Crippen LogP contribution < -0.4 is 0 Å². The van der Waals surface area contributed by atoms with Crippen molar-refractivity contribution in [2.75, 3.05) is 27.4 Å². The molecule has 0 bridgehead atoms. The van der Waals surface area contributed by atoms with Gasteiger partial charge in [-0.05, 0) is 96.9 Å². The van der Waals surface area contributed by atoms with Gasteiger partial charge in [-0.15, -0.1) is 0 Å². The van der Waals surface area contributed by atoms with E-state index in [4.69, 9.17) is 55.7 Å². The van der Waals surface area contributed by atoms with Gasteiger partial charge < -0.3 is 47.4 Å². The highest BCUT2D eigenvalue weighted by Crippen LogP contribution is 2.40. The molecule has 3 aliphatic heterocycles. The number of ether oxygens (including phenoxy) is 10. The largest absolute Gasteiger partial charge is 0.462 e. The van der Waals surface area contributed by atoms with Crippen molar-refractivity contribution < 1.29 is 83.3 Å². The summed E-state index contributed by atoms with van der Waals surface area (Å²) in [5.74, 6) is -4.28. The first-order valence-corrected chi connectivity index (χ1v) is 19.7. The molecule has 0 saturated carbocycles. The number of rotatable bonds is 12. The number of hydrogen-bond acceptors (Lipinski definition) is 18. The van der Waals surface area contributed by atoms with Crippen LogP contribution in [0.5, 0.6) is 0 Å². The molecule has 9 atom stereocenters. The van der Waals surface area contributed by atoms with E-state index < -0.39 is 136 Å². The van der Waals surface area contributed by atoms with Gasteiger partial charge >= 0.3 is 34.3 Å². The van der Waals surface area contributed by atoms with E-state index in [1.807, 2.05) is 0 Å². The van der Waals surface area contributed by atoms with Crippen molar-refractivity contribution in [3.63, 3.8) is 0 Å². The molecule has 0 N–H and O–H groups in total. The Balaban J connectivity index is 2.30. The zero-order valence-corrected chi connectivity index (χ0v) is 36.3. The lowest BCUT2D eigenvalue weighted by Gasteiger charge is -2.47. The first-order valence-electron chi connectivity index (χ1n) is 18.4. The summed E-state index contributed by atoms with van der Waals surface area (Å²) in [5, 5.41) is 0. The van der Waals surface area contributed by atoms with Gasteiger partial charge in [-0.3, -0.25) is 19.2 Å². The van der Waals surface area contributed by atoms with E-state index in [-0.39, 0.29) is 0 Å². The minimum Gasteiger partial charge on any atom is -0.462 e. The summed E-state index contributed by atoms with van der Waals surface area (Å²) < 4.78 is 95.6. The highest BCUT2D eigenvalue weighted by atomic mass is 32.3. The number of esters is 4. The summed E-state index contributed by atoms with van der Waals surface area (Å²) in [7, 11) is -1.79. The maximum absolute atomic E-state index is 13.7. The first-order chi connectivity index (χ1) is 25.3. The van der Waals surface area contributed by atoms with E-state index in [1.165, 1.54) is 14.2 Å². The molecule has 0 aliphatic carbocycles. The van der Waals surface area contributed by atoms with Crippen LogP contribution in [0.4, 0.5) is 0 Å². The Bertz CT molecular complexity index is 1510. The molecule has 18 nitrogen and oxygen atoms in total. The minimum atomic E-state index is -4.51. The Morgan fingerprint density at radius 2 is 1.12 bits per heavy atom. The molecule has 0 amide bonds. The van der Waals surface area contributed by atoms with Crippen molar-refractivity contribution in [2.24, 2.45) is 21.7 Å². The third-order valence-corrected chi connectivity index (χ3v) is 9.55. The summed E-state index contributed by atoms with van der Waals surface area (Å²) in [6, 6.07) is 0. The lowest BCUT2D eigenvalue weighted by Crippen LogP contribution is -2.65. The quantitative estimate of drug-likeness (QED) is 0.157. The fraction of sp³-hybridized carbons (Fsp3) is 0.892. The summed E-state index contributed by atoms with van der Waals surface area (Å²) in [6.45, 7) is 21.3. The topological polar surface area (TPSA) is 213 Å². The smallest absolute Gasteiger partial charge is 0.400 e. The zero-order valence-electron chi connectivity index (χ0n) is 35.4. The molecule has 0 aromatic heterocycles. The summed E-state index contributed by atoms with van der Waals surface area (Å²) in [4.78, 5) is 54.1. The molecule has 19 heteroatoms. The molecule has 0 aromatic carbocycles. The molecule has 3 fully saturated rings. The van der Waals surface area contributed by atoms with Crippen molar-refractivity contribution in [1.29, 1.82) is 0 Å². The van der Waals surface area contributed by atoms with Gasteiger partial charge in [0.15, 0.2) is 36.7 Å². The standard InChI is InChI=1S/C37H62O18S/c1-33(2,3)29(38)46-17-19-21(50-30(39)34(4,5)6)23(51-31(40)35(7,8)9)25(52-32(41)36(10,11)12)28(48-19)49-22(20-18-47-56(42,43)55-20)24-26(27(44-15)45-16)54-37(13,14)53-24/h19-28H,17-18H2,1-16H3/t19-,20+,21-,22-,23+,24+,25-,26-,28-/m1/s1. The average molecular weight is 827 g/mol. The van der Waals surface area contributed by atoms with Gasteiger partial charge in [0, 0.05) is 14.2 Å². The number of methoxy groups -OCH3 is 2. The molecule has 0 radical (unpaired) electrons. The highest BCUT2D eigenvalue weighted by Gasteiger charge is 2.59. The molecule has 3 heterocycles. The van der Waals surface area contributed by atoms with E-state index in [0.29, 0.717) is 0 Å². The van der Waals surface area contributed by atoms with Gasteiger partial charge in [0.2, 0.25) is 0 Å². The first kappa shape index (κ1) is 47.9. The Hall–Kier alpha value is -2.49. The monoisotopic (exact) mass is 826 g/mol. The summed E-state index contributed by atoms with van der Waals surface area (Å²) in [6.07, 6.45) is -14.5. The third kappa shape index (κ3) is 12.3. The van der Waals surface area contributed by atoms with Crippen molar-refractivity contribution in [1.82, 2.24) is 0 Å². The van der Waals surface area contributed by atoms with Crippen LogP contribution in [0.25, 0.3) is 0 Å². The van der Waals surface area contributed by atoms with Crippen LogP contribution >= 0.6 is 0 Å². The minimum absolute atomic E-state index is 0.551. The van der Waals surface area contributed by atoms with Gasteiger partial charge in [0.05, 0.1) is 28.3 Å². The molecule has 56 heavy (non-hydrogen) atoms. The van der Waals surface area contributed by atoms with E-state index in [0.717, 1.165) is 0 Å². The number of carbonyl (C=O) groups excluding carboxylic acids is 4. The lowest BCUT2D eigenvalue weighted by molar-refractivity contribution is -0.332. The highest BCUT2D eigenvalue weighted by molar-refractivity contribution is 7.82. The van der Waals surface area contributed by atoms with Gasteiger partial charge in [-0.1, -0.05) is 0 Å². The molecule has 0 aromatic rings. The van der Waals surface area contributed by atoms with Crippen LogP contribution in [-0.2, 0) is 85.3 Å². The van der Waals surface area contributed by atoms with Crippen LogP contribution in [0.3, 0.4) is 0 Å². The van der Waals surface area contributed by atoms with E-state index in [1.54, 1.807) is 96.9 Å². The molecule has 3 aliphatic rings. The maximum Gasteiger partial charge on any atom is 0.400 e. The zero-order chi connectivity index (χ0) is 43.0. The van der Waals surface area contributed by atoms with E-state index in [9.17, 15) is 27.6 Å². The molecule has 3 saturated heterocycles. The van der Waals surface area contributed by atoms with Crippen molar-refractivity contribution in [2.45, 2.75) is 164 Å². The van der Waals surface area contributed by atoms with Gasteiger partial charge in [0.25, 0.3) is 0 Å². The second kappa shape index (κ2) is 17.4. The molecule has 0 unspecified atom stereocenters. The normalized spacial score (nSPS) is 30.1. The van der Waals surface area contributed by atoms with E-state index in [2.05, 4.69) is 0 Å². The average Bonchev–Trinajstić information content (AvgIpc) is 3.56.